The van der Waals surface area contributed by atoms with E-state index in [0.717, 1.165) is 27.2 Å². The SMILES string of the molecule is Cc1ccsc1C(=O)NCCc1nnc(SCC(C)C)n1C. The normalized spacial score (nSPS) is 11.1. The Labute approximate surface area is 139 Å². The lowest BCUT2D eigenvalue weighted by atomic mass is 10.3. The number of carbonyl (C=O) groups excluding carboxylic acids is 1. The summed E-state index contributed by atoms with van der Waals surface area (Å²) in [6, 6.07) is 1.96. The van der Waals surface area contributed by atoms with Crippen LogP contribution < -0.4 is 5.32 Å². The van der Waals surface area contributed by atoms with Crippen molar-refractivity contribution in [3.63, 3.8) is 0 Å². The number of rotatable bonds is 7. The number of aromatic nitrogens is 3. The van der Waals surface area contributed by atoms with E-state index >= 15 is 0 Å². The maximum absolute atomic E-state index is 12.0. The Morgan fingerprint density at radius 1 is 1.45 bits per heavy atom. The van der Waals surface area contributed by atoms with Gasteiger partial charge in [-0.1, -0.05) is 25.6 Å². The van der Waals surface area contributed by atoms with Crippen LogP contribution in [0.25, 0.3) is 0 Å². The van der Waals surface area contributed by atoms with Gasteiger partial charge in [-0.25, -0.2) is 0 Å². The number of hydrogen-bond donors (Lipinski definition) is 1. The molecule has 0 aliphatic heterocycles. The maximum Gasteiger partial charge on any atom is 0.261 e. The highest BCUT2D eigenvalue weighted by molar-refractivity contribution is 7.99. The summed E-state index contributed by atoms with van der Waals surface area (Å²) >= 11 is 3.19. The van der Waals surface area contributed by atoms with Gasteiger partial charge in [0, 0.05) is 25.8 Å². The minimum Gasteiger partial charge on any atom is -0.351 e. The smallest absolute Gasteiger partial charge is 0.261 e. The Morgan fingerprint density at radius 3 is 2.86 bits per heavy atom. The van der Waals surface area contributed by atoms with Crippen LogP contribution in [0.15, 0.2) is 16.6 Å². The first kappa shape index (κ1) is 17.0. The Kier molecular flexibility index (Phi) is 6.02. The van der Waals surface area contributed by atoms with Crippen LogP contribution in [-0.4, -0.2) is 33.0 Å². The lowest BCUT2D eigenvalue weighted by molar-refractivity contribution is 0.0957. The number of thiophene rings is 1. The summed E-state index contributed by atoms with van der Waals surface area (Å²) in [7, 11) is 1.98. The average Bonchev–Trinajstić information content (AvgIpc) is 3.04. The van der Waals surface area contributed by atoms with Crippen LogP contribution in [0.3, 0.4) is 0 Å². The lowest BCUT2D eigenvalue weighted by Gasteiger charge is -2.06. The molecule has 0 radical (unpaired) electrons. The molecule has 1 N–H and O–H groups in total. The van der Waals surface area contributed by atoms with Gasteiger partial charge < -0.3 is 9.88 Å². The van der Waals surface area contributed by atoms with Gasteiger partial charge in [0.2, 0.25) is 0 Å². The first-order valence-electron chi connectivity index (χ1n) is 7.32. The molecule has 120 valence electrons. The van der Waals surface area contributed by atoms with Crippen LogP contribution >= 0.6 is 23.1 Å². The molecule has 1 amide bonds. The van der Waals surface area contributed by atoms with Crippen molar-refractivity contribution in [2.24, 2.45) is 13.0 Å². The third kappa shape index (κ3) is 4.33. The molecule has 0 aliphatic rings. The standard InChI is InChI=1S/C15H22N4OS2/c1-10(2)9-22-15-18-17-12(19(15)4)5-7-16-14(20)13-11(3)6-8-21-13/h6,8,10H,5,7,9H2,1-4H3,(H,16,20). The first-order chi connectivity index (χ1) is 10.5. The van der Waals surface area contributed by atoms with E-state index < -0.39 is 0 Å². The van der Waals surface area contributed by atoms with Crippen molar-refractivity contribution in [2.75, 3.05) is 12.3 Å². The van der Waals surface area contributed by atoms with E-state index in [1.807, 2.05) is 30.0 Å². The number of hydrogen-bond acceptors (Lipinski definition) is 5. The third-order valence-electron chi connectivity index (χ3n) is 3.17. The van der Waals surface area contributed by atoms with Crippen molar-refractivity contribution in [3.8, 4) is 0 Å². The van der Waals surface area contributed by atoms with E-state index in [1.54, 1.807) is 11.8 Å². The van der Waals surface area contributed by atoms with Crippen LogP contribution in [0.5, 0.6) is 0 Å². The molecule has 0 saturated carbocycles. The number of thioether (sulfide) groups is 1. The summed E-state index contributed by atoms with van der Waals surface area (Å²) in [5.74, 6) is 2.54. The summed E-state index contributed by atoms with van der Waals surface area (Å²) in [5, 5.41) is 14.2. The highest BCUT2D eigenvalue weighted by atomic mass is 32.2. The Morgan fingerprint density at radius 2 is 2.23 bits per heavy atom. The number of carbonyl (C=O) groups is 1. The fourth-order valence-electron chi connectivity index (χ4n) is 1.90. The fraction of sp³-hybridized carbons (Fsp3) is 0.533. The van der Waals surface area contributed by atoms with E-state index in [2.05, 4.69) is 29.4 Å². The molecule has 2 rings (SSSR count). The van der Waals surface area contributed by atoms with Crippen molar-refractivity contribution >= 4 is 29.0 Å². The molecule has 2 aromatic rings. The second-order valence-corrected chi connectivity index (χ2v) is 7.50. The fourth-order valence-corrected chi connectivity index (χ4v) is 3.62. The van der Waals surface area contributed by atoms with E-state index in [1.165, 1.54) is 11.3 Å². The van der Waals surface area contributed by atoms with Crippen molar-refractivity contribution in [1.82, 2.24) is 20.1 Å². The van der Waals surface area contributed by atoms with E-state index in [0.29, 0.717) is 18.9 Å². The van der Waals surface area contributed by atoms with Gasteiger partial charge in [-0.05, 0) is 29.9 Å². The number of aryl methyl sites for hydroxylation is 1. The maximum atomic E-state index is 12.0. The van der Waals surface area contributed by atoms with E-state index in [-0.39, 0.29) is 5.91 Å². The van der Waals surface area contributed by atoms with Crippen LogP contribution in [0.4, 0.5) is 0 Å². The van der Waals surface area contributed by atoms with Gasteiger partial charge in [-0.2, -0.15) is 0 Å². The minimum atomic E-state index is -0.0101. The highest BCUT2D eigenvalue weighted by Gasteiger charge is 2.12. The van der Waals surface area contributed by atoms with Gasteiger partial charge in [0.25, 0.3) is 5.91 Å². The molecule has 2 heterocycles. The molecular weight excluding hydrogens is 316 g/mol. The summed E-state index contributed by atoms with van der Waals surface area (Å²) < 4.78 is 2.01. The predicted molar refractivity (Wildman–Crippen MR) is 91.7 cm³/mol. The largest absolute Gasteiger partial charge is 0.351 e. The molecule has 2 aromatic heterocycles. The zero-order valence-corrected chi connectivity index (χ0v) is 15.1. The van der Waals surface area contributed by atoms with Crippen LogP contribution in [0.2, 0.25) is 0 Å². The second-order valence-electron chi connectivity index (χ2n) is 5.60. The zero-order chi connectivity index (χ0) is 16.1. The molecule has 0 unspecified atom stereocenters. The monoisotopic (exact) mass is 338 g/mol. The minimum absolute atomic E-state index is 0.0101. The van der Waals surface area contributed by atoms with Gasteiger partial charge >= 0.3 is 0 Å². The quantitative estimate of drug-likeness (QED) is 0.789. The molecule has 0 spiro atoms. The predicted octanol–water partition coefficient (Wildman–Crippen LogP) is 2.91. The van der Waals surface area contributed by atoms with Crippen molar-refractivity contribution in [3.05, 3.63) is 27.7 Å². The van der Waals surface area contributed by atoms with Gasteiger partial charge in [-0.15, -0.1) is 21.5 Å². The highest BCUT2D eigenvalue weighted by Crippen LogP contribution is 2.18. The summed E-state index contributed by atoms with van der Waals surface area (Å²) in [4.78, 5) is 12.8. The summed E-state index contributed by atoms with van der Waals surface area (Å²) in [5.41, 5.74) is 1.02. The Hall–Kier alpha value is -1.34. The Bertz CT molecular complexity index is 633. The average molecular weight is 339 g/mol. The van der Waals surface area contributed by atoms with E-state index in [4.69, 9.17) is 0 Å². The van der Waals surface area contributed by atoms with Gasteiger partial charge in [0.05, 0.1) is 4.88 Å². The van der Waals surface area contributed by atoms with Gasteiger partial charge in [-0.3, -0.25) is 4.79 Å². The molecule has 7 heteroatoms. The second kappa shape index (κ2) is 7.78. The molecular formula is C15H22N4OS2. The van der Waals surface area contributed by atoms with Crippen molar-refractivity contribution in [1.29, 1.82) is 0 Å². The van der Waals surface area contributed by atoms with Gasteiger partial charge in [0.1, 0.15) is 5.82 Å². The zero-order valence-electron chi connectivity index (χ0n) is 13.4. The van der Waals surface area contributed by atoms with Gasteiger partial charge in [0.15, 0.2) is 5.16 Å². The molecule has 22 heavy (non-hydrogen) atoms. The molecule has 5 nitrogen and oxygen atoms in total. The topological polar surface area (TPSA) is 59.8 Å². The third-order valence-corrected chi connectivity index (χ3v) is 5.64. The van der Waals surface area contributed by atoms with Crippen molar-refractivity contribution < 1.29 is 4.79 Å². The van der Waals surface area contributed by atoms with Crippen LogP contribution in [0.1, 0.15) is 34.9 Å². The number of amides is 1. The molecule has 0 aliphatic carbocycles. The lowest BCUT2D eigenvalue weighted by Crippen LogP contribution is -2.26. The van der Waals surface area contributed by atoms with Crippen molar-refractivity contribution in [2.45, 2.75) is 32.3 Å². The number of nitrogens with zero attached hydrogens (tertiary/aromatic N) is 3. The molecule has 0 aromatic carbocycles. The molecule has 0 fully saturated rings. The molecule has 0 saturated heterocycles. The molecule has 0 bridgehead atoms. The Balaban J connectivity index is 1.85. The van der Waals surface area contributed by atoms with Crippen LogP contribution in [0, 0.1) is 12.8 Å². The summed E-state index contributed by atoms with van der Waals surface area (Å²) in [6.45, 7) is 6.89. The molecule has 0 atom stereocenters. The number of nitrogens with one attached hydrogen (secondary N) is 1. The van der Waals surface area contributed by atoms with Crippen LogP contribution in [-0.2, 0) is 13.5 Å². The van der Waals surface area contributed by atoms with E-state index in [9.17, 15) is 4.79 Å². The first-order valence-corrected chi connectivity index (χ1v) is 9.19. The summed E-state index contributed by atoms with van der Waals surface area (Å²) in [6.07, 6.45) is 0.682.